The lowest BCUT2D eigenvalue weighted by molar-refractivity contribution is 0.289. The molecule has 0 atom stereocenters. The van der Waals surface area contributed by atoms with Crippen molar-refractivity contribution in [1.29, 1.82) is 5.26 Å². The maximum Gasteiger partial charge on any atom is 0.216 e. The summed E-state index contributed by atoms with van der Waals surface area (Å²) in [7, 11) is 0. The summed E-state index contributed by atoms with van der Waals surface area (Å²) in [6.07, 6.45) is 0. The van der Waals surface area contributed by atoms with Crippen molar-refractivity contribution in [1.82, 2.24) is 4.98 Å². The predicted molar refractivity (Wildman–Crippen MR) is 59.7 cm³/mol. The largest absolute Gasteiger partial charge is 0.473 e. The molecule has 2 aromatic rings. The minimum atomic E-state index is -0.567. The zero-order valence-corrected chi connectivity index (χ0v) is 8.93. The zero-order valence-electron chi connectivity index (χ0n) is 8.93. The Labute approximate surface area is 98.1 Å². The van der Waals surface area contributed by atoms with Gasteiger partial charge in [0, 0.05) is 6.07 Å². The first-order chi connectivity index (χ1) is 8.28. The molecule has 0 bridgehead atoms. The van der Waals surface area contributed by atoms with Gasteiger partial charge in [-0.05, 0) is 23.8 Å². The first-order valence-electron chi connectivity index (χ1n) is 5.02. The zero-order chi connectivity index (χ0) is 12.1. The molecular formula is C13H9FN2O. The number of nitriles is 1. The molecule has 1 aromatic carbocycles. The molecule has 4 heteroatoms. The van der Waals surface area contributed by atoms with E-state index in [-0.39, 0.29) is 5.88 Å². The Morgan fingerprint density at radius 2 is 1.94 bits per heavy atom. The van der Waals surface area contributed by atoms with Crippen LogP contribution in [0.5, 0.6) is 5.88 Å². The Bertz CT molecular complexity index is 546. The Morgan fingerprint density at radius 3 is 2.59 bits per heavy atom. The summed E-state index contributed by atoms with van der Waals surface area (Å²) in [5, 5.41) is 8.63. The van der Waals surface area contributed by atoms with Crippen molar-refractivity contribution in [3.05, 3.63) is 59.5 Å². The van der Waals surface area contributed by atoms with Crippen LogP contribution in [0.4, 0.5) is 4.39 Å². The molecule has 1 aromatic heterocycles. The van der Waals surface area contributed by atoms with Crippen molar-refractivity contribution in [3.63, 3.8) is 0 Å². The second kappa shape index (κ2) is 5.08. The van der Waals surface area contributed by atoms with Crippen molar-refractivity contribution < 1.29 is 9.13 Å². The van der Waals surface area contributed by atoms with Crippen molar-refractivity contribution >= 4 is 0 Å². The molecule has 0 spiro atoms. The first kappa shape index (κ1) is 11.1. The number of rotatable bonds is 3. The van der Waals surface area contributed by atoms with E-state index in [0.29, 0.717) is 12.2 Å². The van der Waals surface area contributed by atoms with Crippen LogP contribution in [0.15, 0.2) is 42.5 Å². The molecule has 84 valence electrons. The summed E-state index contributed by atoms with van der Waals surface area (Å²) < 4.78 is 18.1. The van der Waals surface area contributed by atoms with Crippen LogP contribution in [0, 0.1) is 17.3 Å². The smallest absolute Gasteiger partial charge is 0.216 e. The summed E-state index contributed by atoms with van der Waals surface area (Å²) in [6.45, 7) is 0.294. The maximum absolute atomic E-state index is 12.8. The standard InChI is InChI=1S/C13H9FN2O/c14-12-2-1-3-13(16-12)17-9-11-6-4-10(8-15)5-7-11/h1-7H,9H2. The monoisotopic (exact) mass is 228 g/mol. The molecule has 0 aliphatic carbocycles. The number of ether oxygens (including phenoxy) is 1. The van der Waals surface area contributed by atoms with Crippen molar-refractivity contribution in [2.75, 3.05) is 0 Å². The molecule has 0 aliphatic heterocycles. The van der Waals surface area contributed by atoms with Gasteiger partial charge in [-0.1, -0.05) is 18.2 Å². The Hall–Kier alpha value is -2.41. The molecule has 0 radical (unpaired) electrons. The van der Waals surface area contributed by atoms with Crippen LogP contribution in [0.3, 0.4) is 0 Å². The lowest BCUT2D eigenvalue weighted by Crippen LogP contribution is -1.98. The fourth-order valence-corrected chi connectivity index (χ4v) is 1.30. The third-order valence-corrected chi connectivity index (χ3v) is 2.16. The molecule has 1 heterocycles. The number of nitrogens with zero attached hydrogens (tertiary/aromatic N) is 2. The van der Waals surface area contributed by atoms with Gasteiger partial charge >= 0.3 is 0 Å². The normalized spacial score (nSPS) is 9.65. The van der Waals surface area contributed by atoms with Crippen LogP contribution in [0.2, 0.25) is 0 Å². The summed E-state index contributed by atoms with van der Waals surface area (Å²) in [5.74, 6) is -0.323. The van der Waals surface area contributed by atoms with E-state index in [4.69, 9.17) is 10.00 Å². The lowest BCUT2D eigenvalue weighted by atomic mass is 10.2. The molecule has 0 unspecified atom stereocenters. The van der Waals surface area contributed by atoms with Crippen molar-refractivity contribution in [3.8, 4) is 11.9 Å². The molecule has 0 aliphatic rings. The van der Waals surface area contributed by atoms with E-state index < -0.39 is 5.95 Å². The number of benzene rings is 1. The second-order valence-corrected chi connectivity index (χ2v) is 3.40. The molecule has 0 saturated heterocycles. The van der Waals surface area contributed by atoms with Crippen molar-refractivity contribution in [2.24, 2.45) is 0 Å². The molecule has 0 saturated carbocycles. The highest BCUT2D eigenvalue weighted by atomic mass is 19.1. The summed E-state index contributed by atoms with van der Waals surface area (Å²) in [6, 6.07) is 13.4. The summed E-state index contributed by atoms with van der Waals surface area (Å²) >= 11 is 0. The topological polar surface area (TPSA) is 45.9 Å². The molecule has 0 N–H and O–H groups in total. The van der Waals surface area contributed by atoms with Gasteiger partial charge in [-0.2, -0.15) is 14.6 Å². The van der Waals surface area contributed by atoms with E-state index in [9.17, 15) is 4.39 Å². The van der Waals surface area contributed by atoms with Gasteiger partial charge in [-0.3, -0.25) is 0 Å². The fourth-order valence-electron chi connectivity index (χ4n) is 1.30. The fraction of sp³-hybridized carbons (Fsp3) is 0.0769. The highest BCUT2D eigenvalue weighted by Gasteiger charge is 1.99. The van der Waals surface area contributed by atoms with Crippen LogP contribution in [-0.4, -0.2) is 4.98 Å². The van der Waals surface area contributed by atoms with Crippen LogP contribution in [-0.2, 0) is 6.61 Å². The number of pyridine rings is 1. The highest BCUT2D eigenvalue weighted by Crippen LogP contribution is 2.10. The number of hydrogen-bond acceptors (Lipinski definition) is 3. The average Bonchev–Trinajstić information content (AvgIpc) is 2.37. The van der Waals surface area contributed by atoms with Crippen LogP contribution >= 0.6 is 0 Å². The number of aromatic nitrogens is 1. The quantitative estimate of drug-likeness (QED) is 0.759. The summed E-state index contributed by atoms with van der Waals surface area (Å²) in [4.78, 5) is 3.58. The number of halogens is 1. The molecule has 3 nitrogen and oxygen atoms in total. The van der Waals surface area contributed by atoms with Gasteiger partial charge in [0.15, 0.2) is 0 Å². The first-order valence-corrected chi connectivity index (χ1v) is 5.02. The van der Waals surface area contributed by atoms with Gasteiger partial charge in [-0.25, -0.2) is 0 Å². The molecule has 0 amide bonds. The van der Waals surface area contributed by atoms with Gasteiger partial charge in [0.05, 0.1) is 11.6 Å². The third kappa shape index (κ3) is 3.02. The highest BCUT2D eigenvalue weighted by molar-refractivity contribution is 5.31. The van der Waals surface area contributed by atoms with E-state index in [1.54, 1.807) is 30.3 Å². The Morgan fingerprint density at radius 1 is 1.18 bits per heavy atom. The lowest BCUT2D eigenvalue weighted by Gasteiger charge is -2.04. The molecule has 2 rings (SSSR count). The second-order valence-electron chi connectivity index (χ2n) is 3.40. The Kier molecular flexibility index (Phi) is 3.31. The van der Waals surface area contributed by atoms with E-state index in [1.165, 1.54) is 12.1 Å². The van der Waals surface area contributed by atoms with Gasteiger partial charge in [0.25, 0.3) is 0 Å². The molecule has 17 heavy (non-hydrogen) atoms. The minimum absolute atomic E-state index is 0.245. The van der Waals surface area contributed by atoms with E-state index in [1.807, 2.05) is 6.07 Å². The van der Waals surface area contributed by atoms with Gasteiger partial charge < -0.3 is 4.74 Å². The van der Waals surface area contributed by atoms with Gasteiger partial charge in [0.1, 0.15) is 6.61 Å². The van der Waals surface area contributed by atoms with E-state index in [2.05, 4.69) is 4.98 Å². The van der Waals surface area contributed by atoms with Crippen LogP contribution < -0.4 is 4.74 Å². The molecular weight excluding hydrogens is 219 g/mol. The molecule has 0 fully saturated rings. The SMILES string of the molecule is N#Cc1ccc(COc2cccc(F)n2)cc1. The van der Waals surface area contributed by atoms with Crippen molar-refractivity contribution in [2.45, 2.75) is 6.61 Å². The van der Waals surface area contributed by atoms with E-state index in [0.717, 1.165) is 5.56 Å². The van der Waals surface area contributed by atoms with Crippen LogP contribution in [0.25, 0.3) is 0 Å². The van der Waals surface area contributed by atoms with Crippen LogP contribution in [0.1, 0.15) is 11.1 Å². The predicted octanol–water partition coefficient (Wildman–Crippen LogP) is 2.67. The van der Waals surface area contributed by atoms with Gasteiger partial charge in [0.2, 0.25) is 11.8 Å². The van der Waals surface area contributed by atoms with Gasteiger partial charge in [-0.15, -0.1) is 0 Å². The summed E-state index contributed by atoms with van der Waals surface area (Å²) in [5.41, 5.74) is 1.49. The Balaban J connectivity index is 2.00. The number of hydrogen-bond donors (Lipinski definition) is 0. The van der Waals surface area contributed by atoms with E-state index >= 15 is 0 Å². The minimum Gasteiger partial charge on any atom is -0.473 e. The maximum atomic E-state index is 12.8. The average molecular weight is 228 g/mol. The third-order valence-electron chi connectivity index (χ3n) is 2.16.